The van der Waals surface area contributed by atoms with Crippen LogP contribution in [0.15, 0.2) is 22.7 Å². The number of carbonyl (C=O) groups is 1. The Morgan fingerprint density at radius 1 is 1.50 bits per heavy atom. The lowest BCUT2D eigenvalue weighted by atomic mass is 10.2. The van der Waals surface area contributed by atoms with E-state index in [-0.39, 0.29) is 6.42 Å². The quantitative estimate of drug-likeness (QED) is 0.840. The molecule has 1 aromatic rings. The number of aliphatic carboxylic acids is 1. The number of nitrogens with zero attached hydrogens (tertiary/aromatic N) is 1. The Balaban J connectivity index is 2.52. The van der Waals surface area contributed by atoms with E-state index in [0.717, 1.165) is 28.9 Å². The van der Waals surface area contributed by atoms with Crippen LogP contribution in [0.4, 0.5) is 0 Å². The number of rotatable bonds is 7. The summed E-state index contributed by atoms with van der Waals surface area (Å²) < 4.78 is 6.22. The minimum Gasteiger partial charge on any atom is -0.497 e. The molecule has 0 aliphatic rings. The standard InChI is InChI=1S/C13H18BrNO3/c1-15(7-3-4-13(16)17)9-10-8-11(18-2)5-6-12(10)14/h5-6,8H,3-4,7,9H2,1-2H3,(H,16,17). The Hall–Kier alpha value is -1.07. The minimum absolute atomic E-state index is 0.212. The normalized spacial score (nSPS) is 10.7. The van der Waals surface area contributed by atoms with Crippen molar-refractivity contribution in [2.24, 2.45) is 0 Å². The molecule has 1 rings (SSSR count). The smallest absolute Gasteiger partial charge is 0.303 e. The van der Waals surface area contributed by atoms with E-state index in [9.17, 15) is 4.79 Å². The Bertz CT molecular complexity index is 409. The van der Waals surface area contributed by atoms with Crippen molar-refractivity contribution in [2.75, 3.05) is 20.7 Å². The van der Waals surface area contributed by atoms with Crippen molar-refractivity contribution in [2.45, 2.75) is 19.4 Å². The van der Waals surface area contributed by atoms with Gasteiger partial charge in [-0.05, 0) is 43.8 Å². The van der Waals surface area contributed by atoms with E-state index in [0.29, 0.717) is 6.42 Å². The summed E-state index contributed by atoms with van der Waals surface area (Å²) in [4.78, 5) is 12.5. The van der Waals surface area contributed by atoms with Gasteiger partial charge in [-0.15, -0.1) is 0 Å². The molecule has 0 fully saturated rings. The highest BCUT2D eigenvalue weighted by atomic mass is 79.9. The number of benzene rings is 1. The van der Waals surface area contributed by atoms with Gasteiger partial charge in [0.1, 0.15) is 5.75 Å². The summed E-state index contributed by atoms with van der Waals surface area (Å²) >= 11 is 3.50. The van der Waals surface area contributed by atoms with Crippen LogP contribution in [0, 0.1) is 0 Å². The highest BCUT2D eigenvalue weighted by molar-refractivity contribution is 9.10. The maximum Gasteiger partial charge on any atom is 0.303 e. The SMILES string of the molecule is COc1ccc(Br)c(CN(C)CCCC(=O)O)c1. The Morgan fingerprint density at radius 2 is 2.22 bits per heavy atom. The molecule has 1 aromatic carbocycles. The summed E-state index contributed by atoms with van der Waals surface area (Å²) in [6, 6.07) is 5.84. The number of carboxylic acids is 1. The van der Waals surface area contributed by atoms with Crippen LogP contribution in [0.3, 0.4) is 0 Å². The molecule has 1 N–H and O–H groups in total. The molecule has 0 aliphatic heterocycles. The number of ether oxygens (including phenoxy) is 1. The largest absolute Gasteiger partial charge is 0.497 e. The van der Waals surface area contributed by atoms with Gasteiger partial charge in [0.15, 0.2) is 0 Å². The maximum atomic E-state index is 10.4. The fourth-order valence-electron chi connectivity index (χ4n) is 1.67. The monoisotopic (exact) mass is 315 g/mol. The van der Waals surface area contributed by atoms with Gasteiger partial charge in [0.05, 0.1) is 7.11 Å². The minimum atomic E-state index is -0.744. The van der Waals surface area contributed by atoms with E-state index >= 15 is 0 Å². The maximum absolute atomic E-state index is 10.4. The van der Waals surface area contributed by atoms with E-state index in [1.807, 2.05) is 25.2 Å². The van der Waals surface area contributed by atoms with Crippen molar-refractivity contribution in [1.29, 1.82) is 0 Å². The molecule has 0 aromatic heterocycles. The van der Waals surface area contributed by atoms with Gasteiger partial charge in [-0.3, -0.25) is 4.79 Å². The third kappa shape index (κ3) is 5.06. The lowest BCUT2D eigenvalue weighted by Crippen LogP contribution is -2.20. The summed E-state index contributed by atoms with van der Waals surface area (Å²) in [7, 11) is 3.62. The molecule has 100 valence electrons. The number of hydrogen-bond acceptors (Lipinski definition) is 3. The molecule has 0 amide bonds. The van der Waals surface area contributed by atoms with Gasteiger partial charge < -0.3 is 14.7 Å². The molecule has 4 nitrogen and oxygen atoms in total. The summed E-state index contributed by atoms with van der Waals surface area (Å²) in [6.07, 6.45) is 0.872. The Kier molecular flexibility index (Phi) is 6.15. The van der Waals surface area contributed by atoms with E-state index in [2.05, 4.69) is 20.8 Å². The van der Waals surface area contributed by atoms with Gasteiger partial charge in [-0.1, -0.05) is 15.9 Å². The molecule has 0 radical (unpaired) electrons. The second kappa shape index (κ2) is 7.38. The molecule has 0 heterocycles. The fraction of sp³-hybridized carbons (Fsp3) is 0.462. The first kappa shape index (κ1) is 15.0. The molecular weight excluding hydrogens is 298 g/mol. The molecule has 0 saturated carbocycles. The van der Waals surface area contributed by atoms with E-state index < -0.39 is 5.97 Å². The van der Waals surface area contributed by atoms with Crippen LogP contribution in [-0.2, 0) is 11.3 Å². The highest BCUT2D eigenvalue weighted by Gasteiger charge is 2.06. The molecular formula is C13H18BrNO3. The van der Waals surface area contributed by atoms with Crippen LogP contribution < -0.4 is 4.74 Å². The first-order valence-corrected chi connectivity index (χ1v) is 6.55. The number of hydrogen-bond donors (Lipinski definition) is 1. The number of methoxy groups -OCH3 is 1. The molecule has 0 atom stereocenters. The van der Waals surface area contributed by atoms with Crippen LogP contribution >= 0.6 is 15.9 Å². The zero-order valence-electron chi connectivity index (χ0n) is 10.6. The van der Waals surface area contributed by atoms with Crippen LogP contribution in [0.1, 0.15) is 18.4 Å². The zero-order valence-corrected chi connectivity index (χ0v) is 12.2. The van der Waals surface area contributed by atoms with Gasteiger partial charge in [0.25, 0.3) is 0 Å². The van der Waals surface area contributed by atoms with Crippen molar-refractivity contribution in [3.8, 4) is 5.75 Å². The predicted octanol–water partition coefficient (Wildman–Crippen LogP) is 2.75. The molecule has 0 unspecified atom stereocenters. The lowest BCUT2D eigenvalue weighted by Gasteiger charge is -2.17. The van der Waals surface area contributed by atoms with Crippen molar-refractivity contribution < 1.29 is 14.6 Å². The summed E-state index contributed by atoms with van der Waals surface area (Å²) in [5.41, 5.74) is 1.13. The van der Waals surface area contributed by atoms with Gasteiger partial charge in [-0.25, -0.2) is 0 Å². The van der Waals surface area contributed by atoms with Crippen LogP contribution in [-0.4, -0.2) is 36.7 Å². The fourth-order valence-corrected chi connectivity index (χ4v) is 2.04. The van der Waals surface area contributed by atoms with Crippen molar-refractivity contribution in [3.05, 3.63) is 28.2 Å². The lowest BCUT2D eigenvalue weighted by molar-refractivity contribution is -0.137. The highest BCUT2D eigenvalue weighted by Crippen LogP contribution is 2.23. The molecule has 18 heavy (non-hydrogen) atoms. The average molecular weight is 316 g/mol. The van der Waals surface area contributed by atoms with Gasteiger partial charge in [-0.2, -0.15) is 0 Å². The van der Waals surface area contributed by atoms with Crippen molar-refractivity contribution in [3.63, 3.8) is 0 Å². The van der Waals surface area contributed by atoms with E-state index in [1.165, 1.54) is 0 Å². The number of halogens is 1. The Morgan fingerprint density at radius 3 is 2.83 bits per heavy atom. The molecule has 5 heteroatoms. The van der Waals surface area contributed by atoms with Crippen LogP contribution in [0.2, 0.25) is 0 Å². The molecule has 0 spiro atoms. The first-order valence-electron chi connectivity index (χ1n) is 5.75. The second-order valence-corrected chi connectivity index (χ2v) is 5.05. The summed E-state index contributed by atoms with van der Waals surface area (Å²) in [5, 5.41) is 8.59. The third-order valence-corrected chi connectivity index (χ3v) is 3.40. The van der Waals surface area contributed by atoms with Crippen LogP contribution in [0.5, 0.6) is 5.75 Å². The summed E-state index contributed by atoms with van der Waals surface area (Å²) in [6.45, 7) is 1.52. The van der Waals surface area contributed by atoms with E-state index in [4.69, 9.17) is 9.84 Å². The van der Waals surface area contributed by atoms with Gasteiger partial charge in [0, 0.05) is 17.4 Å². The Labute approximate surface area is 116 Å². The van der Waals surface area contributed by atoms with Crippen LogP contribution in [0.25, 0.3) is 0 Å². The molecule has 0 saturated heterocycles. The number of carboxylic acid groups (broad SMARTS) is 1. The second-order valence-electron chi connectivity index (χ2n) is 4.19. The van der Waals surface area contributed by atoms with Gasteiger partial charge >= 0.3 is 5.97 Å². The zero-order chi connectivity index (χ0) is 13.5. The summed E-state index contributed by atoms with van der Waals surface area (Å²) in [5.74, 6) is 0.0816. The molecule has 0 aliphatic carbocycles. The van der Waals surface area contributed by atoms with E-state index in [1.54, 1.807) is 7.11 Å². The molecule has 0 bridgehead atoms. The first-order chi connectivity index (χ1) is 8.52. The van der Waals surface area contributed by atoms with Gasteiger partial charge in [0.2, 0.25) is 0 Å². The van der Waals surface area contributed by atoms with Crippen molar-refractivity contribution >= 4 is 21.9 Å². The third-order valence-electron chi connectivity index (χ3n) is 2.62. The average Bonchev–Trinajstić information content (AvgIpc) is 2.31. The topological polar surface area (TPSA) is 49.8 Å². The van der Waals surface area contributed by atoms with Crippen molar-refractivity contribution in [1.82, 2.24) is 4.90 Å². The predicted molar refractivity (Wildman–Crippen MR) is 73.9 cm³/mol.